The van der Waals surface area contributed by atoms with E-state index in [9.17, 15) is 19.8 Å². The van der Waals surface area contributed by atoms with Crippen LogP contribution >= 0.6 is 0 Å². The molecule has 0 heterocycles. The van der Waals surface area contributed by atoms with E-state index >= 15 is 0 Å². The van der Waals surface area contributed by atoms with Crippen molar-refractivity contribution in [2.45, 2.75) is 97.2 Å². The largest absolute Gasteiger partial charge is 0.447 e. The number of ether oxygens (including phenoxy) is 1. The topological polar surface area (TPSA) is 95.9 Å². The van der Waals surface area contributed by atoms with Gasteiger partial charge in [-0.3, -0.25) is 9.59 Å². The second kappa shape index (κ2) is 9.25. The molecule has 4 aliphatic rings. The number of aliphatic hydroxyl groups excluding tert-OH is 2. The van der Waals surface area contributed by atoms with Crippen molar-refractivity contribution in [1.82, 2.24) is 5.32 Å². The smallest absolute Gasteiger partial charge is 0.294 e. The fourth-order valence-electron chi connectivity index (χ4n) is 8.98. The minimum atomic E-state index is -0.245. The molecule has 3 N–H and O–H groups in total. The number of fused-ring (bicyclic) bond motifs is 5. The van der Waals surface area contributed by atoms with Gasteiger partial charge in [-0.05, 0) is 104 Å². The SMILES string of the molecule is CC(CCC(=O)NCOC=O)[C@H]1CCC2C3C(CC[C@@]21C)[C@@]1(C)CC[C@@H](O)C[C@H]1C[C@H]3O. The van der Waals surface area contributed by atoms with E-state index in [4.69, 9.17) is 0 Å². The molecule has 4 unspecified atom stereocenters. The summed E-state index contributed by atoms with van der Waals surface area (Å²) in [5.41, 5.74) is 0.492. The minimum absolute atomic E-state index is 0.0579. The summed E-state index contributed by atoms with van der Waals surface area (Å²) in [5.74, 6) is 2.92. The molecule has 6 heteroatoms. The first-order chi connectivity index (χ1) is 15.2. The zero-order chi connectivity index (χ0) is 23.1. The van der Waals surface area contributed by atoms with Crippen LogP contribution in [0.25, 0.3) is 0 Å². The number of aliphatic hydroxyl groups is 2. The molecule has 0 aromatic rings. The maximum atomic E-state index is 12.1. The number of nitrogens with one attached hydrogen (secondary N) is 1. The van der Waals surface area contributed by atoms with Gasteiger partial charge < -0.3 is 20.3 Å². The third-order valence-electron chi connectivity index (χ3n) is 10.7. The van der Waals surface area contributed by atoms with E-state index in [-0.39, 0.29) is 35.7 Å². The third kappa shape index (κ3) is 4.11. The molecule has 4 fully saturated rings. The van der Waals surface area contributed by atoms with E-state index in [0.717, 1.165) is 32.1 Å². The van der Waals surface area contributed by atoms with Crippen molar-refractivity contribution in [3.8, 4) is 0 Å². The molecule has 10 atom stereocenters. The summed E-state index contributed by atoms with van der Waals surface area (Å²) >= 11 is 0. The molecule has 6 nitrogen and oxygen atoms in total. The van der Waals surface area contributed by atoms with E-state index < -0.39 is 0 Å². The Morgan fingerprint density at radius 3 is 2.56 bits per heavy atom. The zero-order valence-corrected chi connectivity index (χ0v) is 20.1. The second-order valence-electron chi connectivity index (χ2n) is 12.0. The number of carbonyl (C=O) groups is 2. The fraction of sp³-hybridized carbons (Fsp3) is 0.923. The highest BCUT2D eigenvalue weighted by Gasteiger charge is 2.62. The highest BCUT2D eigenvalue weighted by Crippen LogP contribution is 2.68. The first-order valence-electron chi connectivity index (χ1n) is 12.9. The average molecular weight is 450 g/mol. The van der Waals surface area contributed by atoms with Gasteiger partial charge in [-0.1, -0.05) is 20.8 Å². The van der Waals surface area contributed by atoms with Gasteiger partial charge in [0.25, 0.3) is 6.47 Å². The normalized spacial score (nSPS) is 46.3. The summed E-state index contributed by atoms with van der Waals surface area (Å²) in [6, 6.07) is 0. The Labute approximate surface area is 192 Å². The van der Waals surface area contributed by atoms with Crippen molar-refractivity contribution in [3.05, 3.63) is 0 Å². The Morgan fingerprint density at radius 2 is 1.81 bits per heavy atom. The lowest BCUT2D eigenvalue weighted by atomic mass is 9.43. The Bertz CT molecular complexity index is 700. The Balaban J connectivity index is 1.43. The van der Waals surface area contributed by atoms with Crippen molar-refractivity contribution in [1.29, 1.82) is 0 Å². The molecule has 0 bridgehead atoms. The molecule has 0 spiro atoms. The average Bonchev–Trinajstić information content (AvgIpc) is 3.11. The summed E-state index contributed by atoms with van der Waals surface area (Å²) in [6.45, 7) is 7.49. The highest BCUT2D eigenvalue weighted by atomic mass is 16.5. The van der Waals surface area contributed by atoms with Crippen molar-refractivity contribution in [2.75, 3.05) is 6.73 Å². The Morgan fingerprint density at radius 1 is 1.09 bits per heavy atom. The predicted octanol–water partition coefficient (Wildman–Crippen LogP) is 3.64. The molecule has 32 heavy (non-hydrogen) atoms. The van der Waals surface area contributed by atoms with Gasteiger partial charge in [0, 0.05) is 6.42 Å². The lowest BCUT2D eigenvalue weighted by molar-refractivity contribution is -0.174. The molecule has 0 aromatic heterocycles. The number of rotatable bonds is 7. The first kappa shape index (κ1) is 24.0. The summed E-state index contributed by atoms with van der Waals surface area (Å²) in [7, 11) is 0. The number of hydrogen-bond donors (Lipinski definition) is 3. The lowest BCUT2D eigenvalue weighted by Crippen LogP contribution is -2.58. The molecule has 0 aliphatic heterocycles. The molecule has 182 valence electrons. The van der Waals surface area contributed by atoms with Gasteiger partial charge in [0.05, 0.1) is 12.2 Å². The van der Waals surface area contributed by atoms with Crippen molar-refractivity contribution in [2.24, 2.45) is 46.3 Å². The molecule has 4 rings (SSSR count). The van der Waals surface area contributed by atoms with E-state index in [1.807, 2.05) is 0 Å². The zero-order valence-electron chi connectivity index (χ0n) is 20.1. The van der Waals surface area contributed by atoms with Gasteiger partial charge in [-0.25, -0.2) is 0 Å². The molecule has 4 saturated carbocycles. The van der Waals surface area contributed by atoms with Crippen LogP contribution < -0.4 is 5.32 Å². The van der Waals surface area contributed by atoms with Crippen LogP contribution in [0.1, 0.15) is 85.0 Å². The first-order valence-corrected chi connectivity index (χ1v) is 12.9. The van der Waals surface area contributed by atoms with Crippen molar-refractivity contribution >= 4 is 12.4 Å². The van der Waals surface area contributed by atoms with E-state index in [1.165, 1.54) is 25.7 Å². The van der Waals surface area contributed by atoms with Crippen LogP contribution in [-0.4, -0.2) is 41.5 Å². The quantitative estimate of drug-likeness (QED) is 0.313. The Hall–Kier alpha value is -1.14. The van der Waals surface area contributed by atoms with Gasteiger partial charge in [0.1, 0.15) is 0 Å². The van der Waals surface area contributed by atoms with E-state index in [0.29, 0.717) is 48.4 Å². The van der Waals surface area contributed by atoms with Crippen LogP contribution in [-0.2, 0) is 14.3 Å². The monoisotopic (exact) mass is 449 g/mol. The van der Waals surface area contributed by atoms with Crippen LogP contribution in [0.2, 0.25) is 0 Å². The number of carbonyl (C=O) groups excluding carboxylic acids is 2. The predicted molar refractivity (Wildman–Crippen MR) is 121 cm³/mol. The van der Waals surface area contributed by atoms with Gasteiger partial charge in [0.15, 0.2) is 6.73 Å². The lowest BCUT2D eigenvalue weighted by Gasteiger charge is -2.62. The highest BCUT2D eigenvalue weighted by molar-refractivity contribution is 5.75. The van der Waals surface area contributed by atoms with Crippen LogP contribution in [0.3, 0.4) is 0 Å². The molecule has 0 aromatic carbocycles. The minimum Gasteiger partial charge on any atom is -0.447 e. The van der Waals surface area contributed by atoms with Crippen molar-refractivity contribution in [3.63, 3.8) is 0 Å². The fourth-order valence-corrected chi connectivity index (χ4v) is 8.98. The molecule has 4 aliphatic carbocycles. The molecular formula is C26H43NO5. The van der Waals surface area contributed by atoms with Crippen LogP contribution in [0.15, 0.2) is 0 Å². The maximum Gasteiger partial charge on any atom is 0.294 e. The van der Waals surface area contributed by atoms with Crippen LogP contribution in [0, 0.1) is 46.3 Å². The van der Waals surface area contributed by atoms with E-state index in [2.05, 4.69) is 30.8 Å². The number of hydrogen-bond acceptors (Lipinski definition) is 5. The molecular weight excluding hydrogens is 406 g/mol. The summed E-state index contributed by atoms with van der Waals surface area (Å²) in [6.07, 6.45) is 9.35. The van der Waals surface area contributed by atoms with Crippen molar-refractivity contribution < 1.29 is 24.5 Å². The maximum absolute atomic E-state index is 12.1. The molecule has 0 radical (unpaired) electrons. The third-order valence-corrected chi connectivity index (χ3v) is 10.7. The Kier molecular flexibility index (Phi) is 6.94. The van der Waals surface area contributed by atoms with Gasteiger partial charge in [0.2, 0.25) is 5.91 Å². The summed E-state index contributed by atoms with van der Waals surface area (Å²) in [4.78, 5) is 22.3. The number of amides is 1. The van der Waals surface area contributed by atoms with Crippen LogP contribution in [0.4, 0.5) is 0 Å². The summed E-state index contributed by atoms with van der Waals surface area (Å²) in [5, 5.41) is 24.2. The van der Waals surface area contributed by atoms with Crippen LogP contribution in [0.5, 0.6) is 0 Å². The summed E-state index contributed by atoms with van der Waals surface area (Å²) < 4.78 is 4.56. The van der Waals surface area contributed by atoms with Gasteiger partial charge >= 0.3 is 0 Å². The van der Waals surface area contributed by atoms with E-state index in [1.54, 1.807) is 0 Å². The second-order valence-corrected chi connectivity index (χ2v) is 12.0. The standard InChI is InChI=1S/C26H43NO5/c1-16(4-7-23(31)27-14-32-15-28)19-5-6-20-24-21(9-11-26(19,20)3)25(2)10-8-18(29)12-17(25)13-22(24)30/h15-22,24,29-30H,4-14H2,1-3H3,(H,27,31)/t16?,17-,18+,19+,20?,21?,22+,24?,25-,26+/m0/s1. The molecule has 0 saturated heterocycles. The van der Waals surface area contributed by atoms with Gasteiger partial charge in [-0.15, -0.1) is 0 Å². The molecule has 1 amide bonds. The van der Waals surface area contributed by atoms with Gasteiger partial charge in [-0.2, -0.15) is 0 Å².